The predicted octanol–water partition coefficient (Wildman–Crippen LogP) is 2.84. The summed E-state index contributed by atoms with van der Waals surface area (Å²) in [6.07, 6.45) is -1.72. The van der Waals surface area contributed by atoms with Crippen molar-refractivity contribution in [2.24, 2.45) is 7.05 Å². The summed E-state index contributed by atoms with van der Waals surface area (Å²) in [6, 6.07) is 0.877. The molecule has 148 valence electrons. The van der Waals surface area contributed by atoms with E-state index >= 15 is 0 Å². The molecule has 1 saturated heterocycles. The molecule has 4 unspecified atom stereocenters. The van der Waals surface area contributed by atoms with E-state index in [9.17, 15) is 18.3 Å². The number of thiophene rings is 1. The topological polar surface area (TPSA) is 72.2 Å². The Morgan fingerprint density at radius 2 is 2.15 bits per heavy atom. The summed E-state index contributed by atoms with van der Waals surface area (Å²) in [7, 11) is 1.76. The van der Waals surface area contributed by atoms with Gasteiger partial charge in [0.05, 0.1) is 18.3 Å². The second-order valence-corrected chi connectivity index (χ2v) is 8.81. The number of aromatic nitrogens is 3. The Bertz CT molecular complexity index is 863. The van der Waals surface area contributed by atoms with Gasteiger partial charge in [-0.05, 0) is 26.3 Å². The highest BCUT2D eigenvalue weighted by molar-refractivity contribution is 7.12. The van der Waals surface area contributed by atoms with Crippen LogP contribution in [0.2, 0.25) is 0 Å². The first kappa shape index (κ1) is 18.9. The van der Waals surface area contributed by atoms with Crippen LogP contribution < -0.4 is 5.32 Å². The lowest BCUT2D eigenvalue weighted by Gasteiger charge is -2.48. The zero-order chi connectivity index (χ0) is 19.6. The van der Waals surface area contributed by atoms with Gasteiger partial charge in [-0.15, -0.1) is 16.4 Å². The summed E-state index contributed by atoms with van der Waals surface area (Å²) in [5.41, 5.74) is -1.30. The standard InChI is InChI=1S/C17H21F3N4O2S/c1-9-5-16(6-11(21-9)12-7-24(3)23-22-12)14-10(15(2,25)8-26-16)4-13(27-14)17(18,19)20/h4,7,9,11,21,25H,5-6,8H2,1-3H3. The molecule has 2 aromatic heterocycles. The Kier molecular flexibility index (Phi) is 4.19. The number of alkyl halides is 3. The van der Waals surface area contributed by atoms with E-state index in [2.05, 4.69) is 15.6 Å². The van der Waals surface area contributed by atoms with E-state index < -0.39 is 22.3 Å². The molecule has 6 nitrogen and oxygen atoms in total. The summed E-state index contributed by atoms with van der Waals surface area (Å²) in [5, 5.41) is 22.2. The van der Waals surface area contributed by atoms with Crippen molar-refractivity contribution in [1.82, 2.24) is 20.3 Å². The van der Waals surface area contributed by atoms with Crippen LogP contribution in [0.25, 0.3) is 0 Å². The molecule has 4 rings (SSSR count). The molecule has 4 atom stereocenters. The monoisotopic (exact) mass is 402 g/mol. The van der Waals surface area contributed by atoms with Gasteiger partial charge in [-0.1, -0.05) is 5.21 Å². The number of aryl methyl sites for hydroxylation is 1. The van der Waals surface area contributed by atoms with Gasteiger partial charge in [0.25, 0.3) is 0 Å². The second-order valence-electron chi connectivity index (χ2n) is 7.75. The van der Waals surface area contributed by atoms with E-state index in [0.717, 1.165) is 11.8 Å². The van der Waals surface area contributed by atoms with Crippen LogP contribution in [-0.2, 0) is 29.2 Å². The molecule has 0 bridgehead atoms. The first-order valence-corrected chi connectivity index (χ1v) is 9.52. The third kappa shape index (κ3) is 3.18. The molecule has 10 heteroatoms. The number of nitrogens with zero attached hydrogens (tertiary/aromatic N) is 3. The van der Waals surface area contributed by atoms with Crippen LogP contribution in [0.4, 0.5) is 13.2 Å². The average molecular weight is 402 g/mol. The van der Waals surface area contributed by atoms with Crippen LogP contribution in [0.5, 0.6) is 0 Å². The van der Waals surface area contributed by atoms with E-state index in [4.69, 9.17) is 4.74 Å². The lowest BCUT2D eigenvalue weighted by atomic mass is 9.76. The maximum atomic E-state index is 13.4. The van der Waals surface area contributed by atoms with Crippen LogP contribution >= 0.6 is 11.3 Å². The van der Waals surface area contributed by atoms with Crippen LogP contribution in [-0.4, -0.2) is 32.7 Å². The number of ether oxygens (including phenoxy) is 1. The molecule has 2 aliphatic heterocycles. The summed E-state index contributed by atoms with van der Waals surface area (Å²) in [6.45, 7) is 3.42. The highest BCUT2D eigenvalue weighted by Crippen LogP contribution is 2.54. The molecule has 2 N–H and O–H groups in total. The lowest BCUT2D eigenvalue weighted by molar-refractivity contribution is -0.160. The minimum absolute atomic E-state index is 0.00177. The molecule has 1 spiro atoms. The molecule has 1 fully saturated rings. The van der Waals surface area contributed by atoms with Crippen molar-refractivity contribution in [3.8, 4) is 0 Å². The number of hydrogen-bond donors (Lipinski definition) is 2. The smallest absolute Gasteiger partial charge is 0.383 e. The molecule has 4 heterocycles. The van der Waals surface area contributed by atoms with Crippen molar-refractivity contribution >= 4 is 11.3 Å². The summed E-state index contributed by atoms with van der Waals surface area (Å²) >= 11 is 0.675. The molecule has 0 amide bonds. The highest BCUT2D eigenvalue weighted by atomic mass is 32.1. The highest BCUT2D eigenvalue weighted by Gasteiger charge is 2.52. The Hall–Kier alpha value is -1.49. The maximum absolute atomic E-state index is 13.4. The van der Waals surface area contributed by atoms with Gasteiger partial charge in [0.2, 0.25) is 0 Å². The normalized spacial score (nSPS) is 34.0. The van der Waals surface area contributed by atoms with Gasteiger partial charge in [0.1, 0.15) is 16.1 Å². The number of aliphatic hydroxyl groups is 1. The van der Waals surface area contributed by atoms with Crippen LogP contribution in [0.3, 0.4) is 0 Å². The molecule has 0 radical (unpaired) electrons. The van der Waals surface area contributed by atoms with Crippen molar-refractivity contribution in [1.29, 1.82) is 0 Å². The maximum Gasteiger partial charge on any atom is 0.425 e. The van der Waals surface area contributed by atoms with Crippen molar-refractivity contribution in [2.75, 3.05) is 6.61 Å². The molecule has 0 aliphatic carbocycles. The summed E-state index contributed by atoms with van der Waals surface area (Å²) < 4.78 is 47.8. The molecule has 0 aromatic carbocycles. The zero-order valence-electron chi connectivity index (χ0n) is 15.2. The number of nitrogens with one attached hydrogen (secondary N) is 1. The first-order chi connectivity index (χ1) is 12.5. The molecule has 2 aliphatic rings. The van der Waals surface area contributed by atoms with E-state index in [1.807, 2.05) is 6.92 Å². The van der Waals surface area contributed by atoms with Crippen LogP contribution in [0, 0.1) is 0 Å². The zero-order valence-corrected chi connectivity index (χ0v) is 16.0. The van der Waals surface area contributed by atoms with Crippen molar-refractivity contribution in [3.63, 3.8) is 0 Å². The van der Waals surface area contributed by atoms with Gasteiger partial charge in [0.15, 0.2) is 0 Å². The first-order valence-electron chi connectivity index (χ1n) is 8.71. The fourth-order valence-corrected chi connectivity index (χ4v) is 5.39. The third-order valence-electron chi connectivity index (χ3n) is 5.27. The second kappa shape index (κ2) is 6.00. The number of halogens is 3. The molecule has 27 heavy (non-hydrogen) atoms. The number of piperidine rings is 1. The molecule has 0 saturated carbocycles. The van der Waals surface area contributed by atoms with Crippen LogP contribution in [0.1, 0.15) is 53.7 Å². The minimum atomic E-state index is -4.46. The quantitative estimate of drug-likeness (QED) is 0.768. The van der Waals surface area contributed by atoms with Gasteiger partial charge < -0.3 is 15.2 Å². The third-order valence-corrected chi connectivity index (χ3v) is 6.63. The average Bonchev–Trinajstić information content (AvgIpc) is 3.18. The Balaban J connectivity index is 1.79. The number of fused-ring (bicyclic) bond motifs is 2. The molecule has 2 aromatic rings. The van der Waals surface area contributed by atoms with Gasteiger partial charge in [0, 0.05) is 36.1 Å². The predicted molar refractivity (Wildman–Crippen MR) is 92.1 cm³/mol. The Morgan fingerprint density at radius 1 is 1.41 bits per heavy atom. The lowest BCUT2D eigenvalue weighted by Crippen LogP contribution is -2.52. The number of rotatable bonds is 1. The van der Waals surface area contributed by atoms with Crippen molar-refractivity contribution in [3.05, 3.63) is 33.3 Å². The minimum Gasteiger partial charge on any atom is -0.383 e. The van der Waals surface area contributed by atoms with Crippen molar-refractivity contribution < 1.29 is 23.0 Å². The van der Waals surface area contributed by atoms with E-state index in [1.165, 1.54) is 6.92 Å². The van der Waals surface area contributed by atoms with Gasteiger partial charge in [-0.2, -0.15) is 13.2 Å². The fourth-order valence-electron chi connectivity index (χ4n) is 4.08. The number of hydrogen-bond acceptors (Lipinski definition) is 6. The largest absolute Gasteiger partial charge is 0.425 e. The fraction of sp³-hybridized carbons (Fsp3) is 0.647. The van der Waals surface area contributed by atoms with E-state index in [0.29, 0.717) is 34.6 Å². The van der Waals surface area contributed by atoms with Crippen molar-refractivity contribution in [2.45, 2.75) is 56.2 Å². The van der Waals surface area contributed by atoms with Crippen LogP contribution in [0.15, 0.2) is 12.3 Å². The van der Waals surface area contributed by atoms with Gasteiger partial charge >= 0.3 is 6.18 Å². The summed E-state index contributed by atoms with van der Waals surface area (Å²) in [5.74, 6) is 0. The molecular weight excluding hydrogens is 381 g/mol. The van der Waals surface area contributed by atoms with Gasteiger partial charge in [-0.25, -0.2) is 0 Å². The van der Waals surface area contributed by atoms with E-state index in [-0.39, 0.29) is 18.7 Å². The molecular formula is C17H21F3N4O2S. The van der Waals surface area contributed by atoms with Gasteiger partial charge in [-0.3, -0.25) is 4.68 Å². The SMILES string of the molecule is CC1CC2(CC(c3cn(C)nn3)N1)OCC(C)(O)c1cc(C(F)(F)F)sc12. The Morgan fingerprint density at radius 3 is 2.78 bits per heavy atom. The van der Waals surface area contributed by atoms with E-state index in [1.54, 1.807) is 17.9 Å². The Labute approximate surface area is 158 Å². The summed E-state index contributed by atoms with van der Waals surface area (Å²) in [4.78, 5) is -0.242.